The summed E-state index contributed by atoms with van der Waals surface area (Å²) >= 11 is 3.36. The van der Waals surface area contributed by atoms with Crippen LogP contribution in [0.2, 0.25) is 0 Å². The van der Waals surface area contributed by atoms with Crippen LogP contribution in [0.4, 0.5) is 11.6 Å². The quantitative estimate of drug-likeness (QED) is 0.867. The maximum absolute atomic E-state index is 12.4. The molecule has 0 saturated heterocycles. The molecule has 0 radical (unpaired) electrons. The van der Waals surface area contributed by atoms with Crippen molar-refractivity contribution in [3.05, 3.63) is 46.2 Å². The van der Waals surface area contributed by atoms with E-state index >= 15 is 0 Å². The molecule has 2 heterocycles. The zero-order valence-electron chi connectivity index (χ0n) is 12.0. The predicted octanol–water partition coefficient (Wildman–Crippen LogP) is 3.49. The highest BCUT2D eigenvalue weighted by Gasteiger charge is 2.11. The van der Waals surface area contributed by atoms with E-state index in [1.807, 2.05) is 19.9 Å². The van der Waals surface area contributed by atoms with E-state index in [1.165, 1.54) is 0 Å². The number of carbonyl (C=O) groups is 1. The summed E-state index contributed by atoms with van der Waals surface area (Å²) in [4.78, 5) is 20.9. The first-order chi connectivity index (χ1) is 10.1. The Morgan fingerprint density at radius 1 is 1.33 bits per heavy atom. The standard InChI is InChI=1S/C15H17BrN4O/c1-3-11-8-10(9-13(19-11)17-4-2)15(21)20-14-12(16)6-5-7-18-14/h5-9H,3-4H2,1-2H3,(H,17,19)(H,18,20,21). The molecule has 0 aliphatic rings. The lowest BCUT2D eigenvalue weighted by atomic mass is 10.2. The number of hydrogen-bond donors (Lipinski definition) is 2. The normalized spacial score (nSPS) is 10.2. The molecule has 0 saturated carbocycles. The maximum Gasteiger partial charge on any atom is 0.257 e. The minimum Gasteiger partial charge on any atom is -0.370 e. The van der Waals surface area contributed by atoms with Crippen LogP contribution in [0.25, 0.3) is 0 Å². The van der Waals surface area contributed by atoms with Gasteiger partial charge in [-0.05, 0) is 53.5 Å². The highest BCUT2D eigenvalue weighted by molar-refractivity contribution is 9.10. The van der Waals surface area contributed by atoms with Crippen LogP contribution in [-0.2, 0) is 6.42 Å². The Morgan fingerprint density at radius 3 is 2.81 bits per heavy atom. The van der Waals surface area contributed by atoms with Gasteiger partial charge in [-0.3, -0.25) is 4.79 Å². The van der Waals surface area contributed by atoms with Crippen LogP contribution >= 0.6 is 15.9 Å². The van der Waals surface area contributed by atoms with E-state index in [0.717, 1.165) is 23.1 Å². The largest absolute Gasteiger partial charge is 0.370 e. The minimum atomic E-state index is -0.203. The van der Waals surface area contributed by atoms with E-state index in [0.29, 0.717) is 17.2 Å². The second-order valence-electron chi connectivity index (χ2n) is 4.40. The predicted molar refractivity (Wildman–Crippen MR) is 87.7 cm³/mol. The number of amides is 1. The Balaban J connectivity index is 2.26. The van der Waals surface area contributed by atoms with E-state index in [-0.39, 0.29) is 5.91 Å². The summed E-state index contributed by atoms with van der Waals surface area (Å²) in [5, 5.41) is 5.93. The molecule has 110 valence electrons. The molecule has 2 aromatic rings. The Hall–Kier alpha value is -1.95. The van der Waals surface area contributed by atoms with Crippen molar-refractivity contribution >= 4 is 33.5 Å². The fourth-order valence-electron chi connectivity index (χ4n) is 1.83. The molecule has 5 nitrogen and oxygen atoms in total. The number of nitrogens with one attached hydrogen (secondary N) is 2. The third-order valence-corrected chi connectivity index (χ3v) is 3.49. The van der Waals surface area contributed by atoms with Crippen molar-refractivity contribution in [1.82, 2.24) is 9.97 Å². The average molecular weight is 349 g/mol. The summed E-state index contributed by atoms with van der Waals surface area (Å²) in [5.74, 6) is 1.01. The van der Waals surface area contributed by atoms with Crippen molar-refractivity contribution in [2.75, 3.05) is 17.2 Å². The van der Waals surface area contributed by atoms with Crippen LogP contribution in [0.5, 0.6) is 0 Å². The number of carbonyl (C=O) groups excluding carboxylic acids is 1. The molecule has 2 rings (SSSR count). The van der Waals surface area contributed by atoms with Gasteiger partial charge in [0.2, 0.25) is 0 Å². The SMILES string of the molecule is CCNc1cc(C(=O)Nc2ncccc2Br)cc(CC)n1. The van der Waals surface area contributed by atoms with Gasteiger partial charge in [-0.2, -0.15) is 0 Å². The van der Waals surface area contributed by atoms with Crippen molar-refractivity contribution in [3.8, 4) is 0 Å². The summed E-state index contributed by atoms with van der Waals surface area (Å²) in [5.41, 5.74) is 1.44. The Morgan fingerprint density at radius 2 is 2.14 bits per heavy atom. The molecule has 0 fully saturated rings. The fourth-order valence-corrected chi connectivity index (χ4v) is 2.18. The minimum absolute atomic E-state index is 0.203. The Kier molecular flexibility index (Phi) is 5.27. The molecule has 21 heavy (non-hydrogen) atoms. The van der Waals surface area contributed by atoms with Gasteiger partial charge in [0, 0.05) is 24.0 Å². The highest BCUT2D eigenvalue weighted by atomic mass is 79.9. The van der Waals surface area contributed by atoms with Crippen LogP contribution in [0.15, 0.2) is 34.9 Å². The first-order valence-electron chi connectivity index (χ1n) is 6.80. The Labute approximate surface area is 132 Å². The van der Waals surface area contributed by atoms with Gasteiger partial charge in [-0.15, -0.1) is 0 Å². The number of nitrogens with zero attached hydrogens (tertiary/aromatic N) is 2. The lowest BCUT2D eigenvalue weighted by Gasteiger charge is -2.10. The third-order valence-electron chi connectivity index (χ3n) is 2.85. The molecule has 1 amide bonds. The van der Waals surface area contributed by atoms with Gasteiger partial charge < -0.3 is 10.6 Å². The maximum atomic E-state index is 12.4. The number of pyridine rings is 2. The summed E-state index contributed by atoms with van der Waals surface area (Å²) in [7, 11) is 0. The lowest BCUT2D eigenvalue weighted by molar-refractivity contribution is 0.102. The molecule has 0 bridgehead atoms. The van der Waals surface area contributed by atoms with Gasteiger partial charge in [-0.25, -0.2) is 9.97 Å². The van der Waals surface area contributed by atoms with Gasteiger partial charge in [-0.1, -0.05) is 6.92 Å². The van der Waals surface area contributed by atoms with E-state index in [1.54, 1.807) is 24.4 Å². The zero-order valence-corrected chi connectivity index (χ0v) is 13.6. The first kappa shape index (κ1) is 15.4. The number of halogens is 1. The molecule has 0 aromatic carbocycles. The molecule has 0 atom stereocenters. The number of aromatic nitrogens is 2. The fraction of sp³-hybridized carbons (Fsp3) is 0.267. The van der Waals surface area contributed by atoms with Crippen molar-refractivity contribution in [2.45, 2.75) is 20.3 Å². The second-order valence-corrected chi connectivity index (χ2v) is 5.26. The molecule has 6 heteroatoms. The van der Waals surface area contributed by atoms with Crippen LogP contribution < -0.4 is 10.6 Å². The van der Waals surface area contributed by atoms with Gasteiger partial charge in [0.1, 0.15) is 11.6 Å². The highest BCUT2D eigenvalue weighted by Crippen LogP contribution is 2.20. The monoisotopic (exact) mass is 348 g/mol. The summed E-state index contributed by atoms with van der Waals surface area (Å²) in [6, 6.07) is 7.17. The van der Waals surface area contributed by atoms with Crippen LogP contribution in [0, 0.1) is 0 Å². The summed E-state index contributed by atoms with van der Waals surface area (Å²) in [6.45, 7) is 4.76. The summed E-state index contributed by atoms with van der Waals surface area (Å²) in [6.07, 6.45) is 2.40. The number of rotatable bonds is 5. The van der Waals surface area contributed by atoms with Gasteiger partial charge >= 0.3 is 0 Å². The van der Waals surface area contributed by atoms with E-state index in [4.69, 9.17) is 0 Å². The molecule has 0 spiro atoms. The van der Waals surface area contributed by atoms with E-state index < -0.39 is 0 Å². The molecule has 2 N–H and O–H groups in total. The number of aryl methyl sites for hydroxylation is 1. The zero-order chi connectivity index (χ0) is 15.2. The van der Waals surface area contributed by atoms with Crippen LogP contribution in [-0.4, -0.2) is 22.4 Å². The average Bonchev–Trinajstić information content (AvgIpc) is 2.49. The van der Waals surface area contributed by atoms with Gasteiger partial charge in [0.05, 0.1) is 4.47 Å². The number of anilines is 2. The molecular formula is C15H17BrN4O. The van der Waals surface area contributed by atoms with E-state index in [9.17, 15) is 4.79 Å². The molecule has 2 aromatic heterocycles. The smallest absolute Gasteiger partial charge is 0.257 e. The molecule has 0 aliphatic heterocycles. The number of hydrogen-bond acceptors (Lipinski definition) is 4. The third kappa shape index (κ3) is 4.01. The molecule has 0 aliphatic carbocycles. The second kappa shape index (κ2) is 7.17. The van der Waals surface area contributed by atoms with Crippen molar-refractivity contribution < 1.29 is 4.79 Å². The molecular weight excluding hydrogens is 332 g/mol. The lowest BCUT2D eigenvalue weighted by Crippen LogP contribution is -2.15. The van der Waals surface area contributed by atoms with Crippen LogP contribution in [0.3, 0.4) is 0 Å². The van der Waals surface area contributed by atoms with Gasteiger partial charge in [0.25, 0.3) is 5.91 Å². The van der Waals surface area contributed by atoms with Crippen molar-refractivity contribution in [1.29, 1.82) is 0 Å². The molecule has 0 unspecified atom stereocenters. The van der Waals surface area contributed by atoms with Crippen molar-refractivity contribution in [3.63, 3.8) is 0 Å². The van der Waals surface area contributed by atoms with Crippen molar-refractivity contribution in [2.24, 2.45) is 0 Å². The summed E-state index contributed by atoms with van der Waals surface area (Å²) < 4.78 is 0.745. The Bertz CT molecular complexity index is 645. The van der Waals surface area contributed by atoms with Crippen LogP contribution in [0.1, 0.15) is 29.9 Å². The topological polar surface area (TPSA) is 66.9 Å². The van der Waals surface area contributed by atoms with E-state index in [2.05, 4.69) is 36.5 Å². The first-order valence-corrected chi connectivity index (χ1v) is 7.60. The van der Waals surface area contributed by atoms with Gasteiger partial charge in [0.15, 0.2) is 0 Å².